The first-order valence-corrected chi connectivity index (χ1v) is 5.17. The minimum atomic E-state index is -4.23. The molecule has 0 aliphatic heterocycles. The van der Waals surface area contributed by atoms with Gasteiger partial charge in [-0.1, -0.05) is 0 Å². The van der Waals surface area contributed by atoms with Gasteiger partial charge in [-0.3, -0.25) is 4.90 Å². The molecule has 0 spiro atoms. The Kier molecular flexibility index (Phi) is 3.93. The number of hydrogen-bond acceptors (Lipinski definition) is 3. The fourth-order valence-corrected chi connectivity index (χ4v) is 2.13. The van der Waals surface area contributed by atoms with Crippen molar-refractivity contribution in [2.45, 2.75) is 12.7 Å². The molecule has 3 nitrogen and oxygen atoms in total. The van der Waals surface area contributed by atoms with Gasteiger partial charge < -0.3 is 5.11 Å². The van der Waals surface area contributed by atoms with Gasteiger partial charge in [0.1, 0.15) is 4.88 Å². The zero-order valence-electron chi connectivity index (χ0n) is 8.41. The van der Waals surface area contributed by atoms with Crippen LogP contribution >= 0.6 is 11.3 Å². The summed E-state index contributed by atoms with van der Waals surface area (Å²) in [7, 11) is 1.34. The van der Waals surface area contributed by atoms with Gasteiger partial charge in [0, 0.05) is 11.4 Å². The normalized spacial score (nSPS) is 12.1. The summed E-state index contributed by atoms with van der Waals surface area (Å²) in [4.78, 5) is 12.4. The lowest BCUT2D eigenvalue weighted by atomic mass is 10.4. The number of nitrogens with zero attached hydrogens (tertiary/aromatic N) is 1. The van der Waals surface area contributed by atoms with E-state index in [1.807, 2.05) is 0 Å². The summed E-state index contributed by atoms with van der Waals surface area (Å²) in [5, 5.41) is 8.64. The van der Waals surface area contributed by atoms with Crippen LogP contribution in [-0.4, -0.2) is 35.7 Å². The van der Waals surface area contributed by atoms with Gasteiger partial charge in [-0.15, -0.1) is 11.3 Å². The standard InChI is InChI=1S/C9H10F3NO2S/c1-13(5-9(10,11)12)4-6-2-3-7(16-6)8(14)15/h2-3H,4-5H2,1H3,(H,14,15). The third kappa shape index (κ3) is 4.19. The summed E-state index contributed by atoms with van der Waals surface area (Å²) in [6, 6.07) is 2.92. The lowest BCUT2D eigenvalue weighted by Gasteiger charge is -2.17. The maximum atomic E-state index is 12.0. The molecule has 0 fully saturated rings. The van der Waals surface area contributed by atoms with Crippen molar-refractivity contribution in [3.05, 3.63) is 21.9 Å². The maximum Gasteiger partial charge on any atom is 0.401 e. The Hall–Kier alpha value is -1.08. The number of carboxylic acid groups (broad SMARTS) is 1. The monoisotopic (exact) mass is 253 g/mol. The SMILES string of the molecule is CN(Cc1ccc(C(=O)O)s1)CC(F)(F)F. The molecule has 90 valence electrons. The molecule has 1 heterocycles. The number of halogens is 3. The molecule has 0 saturated heterocycles. The third-order valence-corrected chi connectivity index (χ3v) is 2.81. The highest BCUT2D eigenvalue weighted by atomic mass is 32.1. The molecule has 0 radical (unpaired) electrons. The zero-order chi connectivity index (χ0) is 12.3. The topological polar surface area (TPSA) is 40.5 Å². The highest BCUT2D eigenvalue weighted by molar-refractivity contribution is 7.13. The number of hydrogen-bond donors (Lipinski definition) is 1. The molecular weight excluding hydrogens is 243 g/mol. The van der Waals surface area contributed by atoms with Crippen molar-refractivity contribution in [2.75, 3.05) is 13.6 Å². The van der Waals surface area contributed by atoms with Crippen molar-refractivity contribution in [3.63, 3.8) is 0 Å². The summed E-state index contributed by atoms with van der Waals surface area (Å²) in [6.45, 7) is -0.912. The molecule has 0 atom stereocenters. The van der Waals surface area contributed by atoms with E-state index in [9.17, 15) is 18.0 Å². The third-order valence-electron chi connectivity index (χ3n) is 1.75. The van der Waals surface area contributed by atoms with E-state index < -0.39 is 18.7 Å². The van der Waals surface area contributed by atoms with Crippen LogP contribution < -0.4 is 0 Å². The van der Waals surface area contributed by atoms with Crippen LogP contribution in [0.15, 0.2) is 12.1 Å². The van der Waals surface area contributed by atoms with E-state index in [-0.39, 0.29) is 11.4 Å². The van der Waals surface area contributed by atoms with Crippen LogP contribution in [0.2, 0.25) is 0 Å². The van der Waals surface area contributed by atoms with E-state index >= 15 is 0 Å². The summed E-state index contributed by atoms with van der Waals surface area (Å²) >= 11 is 0.987. The fourth-order valence-electron chi connectivity index (χ4n) is 1.21. The number of alkyl halides is 3. The molecule has 1 N–H and O–H groups in total. The first kappa shape index (κ1) is 13.0. The van der Waals surface area contributed by atoms with Gasteiger partial charge in [-0.05, 0) is 19.2 Å². The predicted octanol–water partition coefficient (Wildman–Crippen LogP) is 2.44. The molecule has 1 aromatic heterocycles. The van der Waals surface area contributed by atoms with E-state index in [4.69, 9.17) is 5.11 Å². The van der Waals surface area contributed by atoms with Gasteiger partial charge in [0.05, 0.1) is 6.54 Å². The second-order valence-electron chi connectivity index (χ2n) is 3.36. The number of carbonyl (C=O) groups is 1. The average Bonchev–Trinajstić information content (AvgIpc) is 2.48. The lowest BCUT2D eigenvalue weighted by molar-refractivity contribution is -0.143. The Morgan fingerprint density at radius 1 is 1.50 bits per heavy atom. The van der Waals surface area contributed by atoms with Gasteiger partial charge in [0.15, 0.2) is 0 Å². The zero-order valence-corrected chi connectivity index (χ0v) is 9.23. The Bertz CT molecular complexity index is 375. The average molecular weight is 253 g/mol. The Morgan fingerprint density at radius 2 is 2.12 bits per heavy atom. The van der Waals surface area contributed by atoms with Gasteiger partial charge in [-0.2, -0.15) is 13.2 Å². The smallest absolute Gasteiger partial charge is 0.401 e. The summed E-state index contributed by atoms with van der Waals surface area (Å²) in [5.74, 6) is -1.06. The van der Waals surface area contributed by atoms with E-state index in [1.54, 1.807) is 0 Å². The molecule has 0 unspecified atom stereocenters. The van der Waals surface area contributed by atoms with Crippen molar-refractivity contribution >= 4 is 17.3 Å². The van der Waals surface area contributed by atoms with Crippen molar-refractivity contribution in [3.8, 4) is 0 Å². The Morgan fingerprint density at radius 3 is 2.56 bits per heavy atom. The number of rotatable bonds is 4. The van der Waals surface area contributed by atoms with Crippen molar-refractivity contribution in [1.29, 1.82) is 0 Å². The summed E-state index contributed by atoms with van der Waals surface area (Å²) in [6.07, 6.45) is -4.23. The Labute approximate surface area is 94.1 Å². The van der Waals surface area contributed by atoms with Gasteiger partial charge in [0.25, 0.3) is 0 Å². The van der Waals surface area contributed by atoms with E-state index in [2.05, 4.69) is 0 Å². The minimum absolute atomic E-state index is 0.0947. The predicted molar refractivity (Wildman–Crippen MR) is 53.7 cm³/mol. The second-order valence-corrected chi connectivity index (χ2v) is 4.53. The van der Waals surface area contributed by atoms with Gasteiger partial charge >= 0.3 is 12.1 Å². The van der Waals surface area contributed by atoms with Crippen LogP contribution in [0.25, 0.3) is 0 Å². The summed E-state index contributed by atoms with van der Waals surface area (Å²) < 4.78 is 36.0. The lowest BCUT2D eigenvalue weighted by Crippen LogP contribution is -2.30. The largest absolute Gasteiger partial charge is 0.477 e. The molecule has 0 saturated carbocycles. The Balaban J connectivity index is 2.56. The second kappa shape index (κ2) is 4.84. The number of thiophene rings is 1. The molecule has 1 aromatic rings. The van der Waals surface area contributed by atoms with Crippen LogP contribution in [0.3, 0.4) is 0 Å². The number of aromatic carboxylic acids is 1. The van der Waals surface area contributed by atoms with Crippen molar-refractivity contribution < 1.29 is 23.1 Å². The van der Waals surface area contributed by atoms with Crippen LogP contribution in [0.1, 0.15) is 14.5 Å². The maximum absolute atomic E-state index is 12.0. The van der Waals surface area contributed by atoms with Crippen LogP contribution in [0.4, 0.5) is 13.2 Å². The molecule has 1 rings (SSSR count). The highest BCUT2D eigenvalue weighted by Gasteiger charge is 2.29. The first-order valence-electron chi connectivity index (χ1n) is 4.35. The highest BCUT2D eigenvalue weighted by Crippen LogP contribution is 2.20. The fraction of sp³-hybridized carbons (Fsp3) is 0.444. The van der Waals surface area contributed by atoms with E-state index in [0.717, 1.165) is 16.2 Å². The van der Waals surface area contributed by atoms with Crippen molar-refractivity contribution in [1.82, 2.24) is 4.90 Å². The number of carboxylic acids is 1. The van der Waals surface area contributed by atoms with Crippen LogP contribution in [0.5, 0.6) is 0 Å². The summed E-state index contributed by atoms with van der Waals surface area (Å²) in [5.41, 5.74) is 0. The minimum Gasteiger partial charge on any atom is -0.477 e. The molecule has 0 amide bonds. The van der Waals surface area contributed by atoms with Crippen molar-refractivity contribution in [2.24, 2.45) is 0 Å². The molecule has 0 aliphatic carbocycles. The molecule has 7 heteroatoms. The first-order chi connectivity index (χ1) is 7.28. The van der Waals surface area contributed by atoms with Crippen LogP contribution in [-0.2, 0) is 6.54 Å². The van der Waals surface area contributed by atoms with Gasteiger partial charge in [0.2, 0.25) is 0 Å². The quantitative estimate of drug-likeness (QED) is 0.896. The van der Waals surface area contributed by atoms with Crippen LogP contribution in [0, 0.1) is 0 Å². The molecule has 0 aliphatic rings. The molecule has 0 bridgehead atoms. The van der Waals surface area contributed by atoms with E-state index in [0.29, 0.717) is 4.88 Å². The molecular formula is C9H10F3NO2S. The van der Waals surface area contributed by atoms with E-state index in [1.165, 1.54) is 19.2 Å². The molecule has 16 heavy (non-hydrogen) atoms. The molecule has 0 aromatic carbocycles. The van der Waals surface area contributed by atoms with Gasteiger partial charge in [-0.25, -0.2) is 4.79 Å².